The highest BCUT2D eigenvalue weighted by Crippen LogP contribution is 2.36. The van der Waals surface area contributed by atoms with Crippen LogP contribution in [-0.4, -0.2) is 53.9 Å². The minimum absolute atomic E-state index is 0.0140. The molecule has 0 N–H and O–H groups in total. The standard InChI is InChI=1S/C23H32N2O3/c26-22(17-28-20-9-2-1-3-10-20)24-15-12-19(13-16-24)23(27)25-14-6-8-18-7-4-5-11-21(18)25/h1-3,9-10,18-19,21H,4-8,11-17H2. The number of nitrogens with zero attached hydrogens (tertiary/aromatic N) is 2. The zero-order valence-electron chi connectivity index (χ0n) is 16.7. The maximum absolute atomic E-state index is 13.2. The maximum Gasteiger partial charge on any atom is 0.260 e. The second-order valence-electron chi connectivity index (χ2n) is 8.54. The SMILES string of the molecule is O=C(COc1ccccc1)N1CCC(C(=O)N2CCCC3CCCCC32)CC1. The van der Waals surface area contributed by atoms with Crippen LogP contribution >= 0.6 is 0 Å². The molecule has 5 nitrogen and oxygen atoms in total. The van der Waals surface area contributed by atoms with Gasteiger partial charge in [0.2, 0.25) is 5.91 Å². The van der Waals surface area contributed by atoms with Gasteiger partial charge >= 0.3 is 0 Å². The summed E-state index contributed by atoms with van der Waals surface area (Å²) in [5, 5.41) is 0. The van der Waals surface area contributed by atoms with Crippen molar-refractivity contribution in [1.29, 1.82) is 0 Å². The summed E-state index contributed by atoms with van der Waals surface area (Å²) >= 11 is 0. The van der Waals surface area contributed by atoms with Crippen LogP contribution in [0.2, 0.25) is 0 Å². The Morgan fingerprint density at radius 3 is 2.39 bits per heavy atom. The molecule has 0 spiro atoms. The largest absolute Gasteiger partial charge is 0.484 e. The summed E-state index contributed by atoms with van der Waals surface area (Å²) in [4.78, 5) is 29.7. The first kappa shape index (κ1) is 19.3. The zero-order valence-corrected chi connectivity index (χ0v) is 16.7. The lowest BCUT2D eigenvalue weighted by molar-refractivity contribution is -0.146. The molecule has 3 fully saturated rings. The molecule has 2 saturated heterocycles. The predicted octanol–water partition coefficient (Wildman–Crippen LogP) is 3.49. The van der Waals surface area contributed by atoms with Gasteiger partial charge in [0.1, 0.15) is 5.75 Å². The normalized spacial score (nSPS) is 25.9. The van der Waals surface area contributed by atoms with Crippen molar-refractivity contribution < 1.29 is 14.3 Å². The Morgan fingerprint density at radius 1 is 0.893 bits per heavy atom. The van der Waals surface area contributed by atoms with E-state index in [2.05, 4.69) is 4.90 Å². The fourth-order valence-corrected chi connectivity index (χ4v) is 5.26. The first-order valence-electron chi connectivity index (χ1n) is 11.0. The van der Waals surface area contributed by atoms with Crippen molar-refractivity contribution in [3.63, 3.8) is 0 Å². The highest BCUT2D eigenvalue weighted by Gasteiger charge is 2.39. The van der Waals surface area contributed by atoms with Gasteiger partial charge in [-0.25, -0.2) is 0 Å². The van der Waals surface area contributed by atoms with Crippen LogP contribution in [-0.2, 0) is 9.59 Å². The Bertz CT molecular complexity index is 668. The lowest BCUT2D eigenvalue weighted by Crippen LogP contribution is -2.53. The number of piperidine rings is 2. The maximum atomic E-state index is 13.2. The molecule has 2 aliphatic heterocycles. The molecule has 0 bridgehead atoms. The second kappa shape index (κ2) is 8.97. The summed E-state index contributed by atoms with van der Waals surface area (Å²) < 4.78 is 5.58. The van der Waals surface area contributed by atoms with Crippen LogP contribution < -0.4 is 4.74 Å². The minimum atomic E-state index is 0.0140. The van der Waals surface area contributed by atoms with Crippen LogP contribution in [0.25, 0.3) is 0 Å². The first-order chi connectivity index (χ1) is 13.7. The van der Waals surface area contributed by atoms with E-state index >= 15 is 0 Å². The molecule has 2 heterocycles. The van der Waals surface area contributed by atoms with Gasteiger partial charge in [-0.2, -0.15) is 0 Å². The Balaban J connectivity index is 1.26. The summed E-state index contributed by atoms with van der Waals surface area (Å²) in [6.07, 6.45) is 9.08. The first-order valence-corrected chi connectivity index (χ1v) is 11.0. The molecular formula is C23H32N2O3. The number of carbonyl (C=O) groups is 2. The van der Waals surface area contributed by atoms with Gasteiger partial charge in [0.05, 0.1) is 0 Å². The number of likely N-dealkylation sites (tertiary alicyclic amines) is 2. The third-order valence-electron chi connectivity index (χ3n) is 6.83. The average molecular weight is 385 g/mol. The molecule has 1 aliphatic carbocycles. The number of fused-ring (bicyclic) bond motifs is 1. The summed E-state index contributed by atoms with van der Waals surface area (Å²) in [6, 6.07) is 9.91. The zero-order chi connectivity index (χ0) is 19.3. The number of carbonyl (C=O) groups excluding carboxylic acids is 2. The van der Waals surface area contributed by atoms with Gasteiger partial charge in [-0.15, -0.1) is 0 Å². The molecule has 2 atom stereocenters. The van der Waals surface area contributed by atoms with Crippen LogP contribution in [0.3, 0.4) is 0 Å². The topological polar surface area (TPSA) is 49.9 Å². The number of para-hydroxylation sites is 1. The highest BCUT2D eigenvalue weighted by atomic mass is 16.5. The Hall–Kier alpha value is -2.04. The van der Waals surface area contributed by atoms with Crippen LogP contribution in [0.5, 0.6) is 5.75 Å². The van der Waals surface area contributed by atoms with E-state index in [1.54, 1.807) is 0 Å². The van der Waals surface area contributed by atoms with Gasteiger partial charge in [0.15, 0.2) is 6.61 Å². The van der Waals surface area contributed by atoms with Crippen LogP contribution in [0, 0.1) is 11.8 Å². The Labute approximate surface area is 168 Å². The van der Waals surface area contributed by atoms with E-state index in [4.69, 9.17) is 4.74 Å². The molecule has 1 aromatic rings. The van der Waals surface area contributed by atoms with Crippen molar-refractivity contribution in [2.24, 2.45) is 11.8 Å². The van der Waals surface area contributed by atoms with Crippen LogP contribution in [0.15, 0.2) is 30.3 Å². The molecule has 5 heteroatoms. The van der Waals surface area contributed by atoms with E-state index in [9.17, 15) is 9.59 Å². The van der Waals surface area contributed by atoms with Crippen molar-refractivity contribution >= 4 is 11.8 Å². The molecule has 0 radical (unpaired) electrons. The monoisotopic (exact) mass is 384 g/mol. The third-order valence-corrected chi connectivity index (χ3v) is 6.83. The third kappa shape index (κ3) is 4.34. The van der Waals surface area contributed by atoms with Crippen LogP contribution in [0.1, 0.15) is 51.4 Å². The van der Waals surface area contributed by atoms with E-state index in [1.807, 2.05) is 35.2 Å². The number of hydrogen-bond donors (Lipinski definition) is 0. The van der Waals surface area contributed by atoms with E-state index < -0.39 is 0 Å². The summed E-state index contributed by atoms with van der Waals surface area (Å²) in [6.45, 7) is 2.33. The molecular weight excluding hydrogens is 352 g/mol. The Morgan fingerprint density at radius 2 is 1.61 bits per heavy atom. The van der Waals surface area contributed by atoms with Gasteiger partial charge in [-0.3, -0.25) is 9.59 Å². The molecule has 1 saturated carbocycles. The molecule has 4 rings (SSSR count). The van der Waals surface area contributed by atoms with Gasteiger partial charge in [-0.1, -0.05) is 31.0 Å². The number of rotatable bonds is 4. The summed E-state index contributed by atoms with van der Waals surface area (Å²) in [5.41, 5.74) is 0. The van der Waals surface area contributed by atoms with Crippen molar-refractivity contribution in [3.8, 4) is 5.75 Å². The molecule has 2 amide bonds. The smallest absolute Gasteiger partial charge is 0.260 e. The summed E-state index contributed by atoms with van der Waals surface area (Å²) in [7, 11) is 0. The minimum Gasteiger partial charge on any atom is -0.484 e. The number of ether oxygens (including phenoxy) is 1. The molecule has 1 aromatic carbocycles. The molecule has 0 aromatic heterocycles. The quantitative estimate of drug-likeness (QED) is 0.798. The van der Waals surface area contributed by atoms with Crippen LogP contribution in [0.4, 0.5) is 0 Å². The van der Waals surface area contributed by atoms with Crippen molar-refractivity contribution in [3.05, 3.63) is 30.3 Å². The van der Waals surface area contributed by atoms with Crippen molar-refractivity contribution in [1.82, 2.24) is 9.80 Å². The van der Waals surface area contributed by atoms with Gasteiger partial charge in [0, 0.05) is 31.6 Å². The fourth-order valence-electron chi connectivity index (χ4n) is 5.26. The fraction of sp³-hybridized carbons (Fsp3) is 0.652. The van der Waals surface area contributed by atoms with Crippen molar-refractivity contribution in [2.75, 3.05) is 26.2 Å². The lowest BCUT2D eigenvalue weighted by Gasteiger charge is -2.46. The lowest BCUT2D eigenvalue weighted by atomic mass is 9.77. The van der Waals surface area contributed by atoms with Gasteiger partial charge in [-0.05, 0) is 56.6 Å². The predicted molar refractivity (Wildman–Crippen MR) is 108 cm³/mol. The molecule has 2 unspecified atom stereocenters. The summed E-state index contributed by atoms with van der Waals surface area (Å²) in [5.74, 6) is 1.89. The van der Waals surface area contributed by atoms with E-state index in [0.717, 1.165) is 31.7 Å². The number of hydrogen-bond acceptors (Lipinski definition) is 3. The van der Waals surface area contributed by atoms with Gasteiger partial charge < -0.3 is 14.5 Å². The average Bonchev–Trinajstić information content (AvgIpc) is 2.77. The van der Waals surface area contributed by atoms with Crippen molar-refractivity contribution in [2.45, 2.75) is 57.4 Å². The Kier molecular flexibility index (Phi) is 6.18. The number of amides is 2. The number of benzene rings is 1. The molecule has 3 aliphatic rings. The van der Waals surface area contributed by atoms with E-state index in [0.29, 0.717) is 30.8 Å². The molecule has 28 heavy (non-hydrogen) atoms. The van der Waals surface area contributed by atoms with E-state index in [-0.39, 0.29) is 18.4 Å². The highest BCUT2D eigenvalue weighted by molar-refractivity contribution is 5.81. The van der Waals surface area contributed by atoms with E-state index in [1.165, 1.54) is 32.1 Å². The second-order valence-corrected chi connectivity index (χ2v) is 8.54. The molecule has 152 valence electrons. The van der Waals surface area contributed by atoms with Gasteiger partial charge in [0.25, 0.3) is 5.91 Å².